The second-order valence-corrected chi connectivity index (χ2v) is 8.40. The number of nitrogens with zero attached hydrogens (tertiary/aromatic N) is 3. The van der Waals surface area contributed by atoms with Gasteiger partial charge >= 0.3 is 6.09 Å². The highest BCUT2D eigenvalue weighted by Gasteiger charge is 2.36. The number of carboxylic acid groups (broad SMARTS) is 1. The average Bonchev–Trinajstić information content (AvgIpc) is 2.73. The van der Waals surface area contributed by atoms with Crippen molar-refractivity contribution in [2.75, 3.05) is 19.6 Å². The van der Waals surface area contributed by atoms with Crippen molar-refractivity contribution in [2.45, 2.75) is 10.9 Å². The van der Waals surface area contributed by atoms with Gasteiger partial charge in [-0.3, -0.25) is 10.1 Å². The van der Waals surface area contributed by atoms with E-state index in [4.69, 9.17) is 0 Å². The zero-order chi connectivity index (χ0) is 21.9. The molecule has 1 aliphatic rings. The van der Waals surface area contributed by atoms with Gasteiger partial charge in [-0.2, -0.15) is 4.31 Å². The first-order valence-electron chi connectivity index (χ1n) is 8.87. The molecule has 0 saturated carbocycles. The van der Waals surface area contributed by atoms with Gasteiger partial charge in [-0.1, -0.05) is 30.3 Å². The highest BCUT2D eigenvalue weighted by Crippen LogP contribution is 2.26. The lowest BCUT2D eigenvalue weighted by molar-refractivity contribution is -0.385. The number of piperazine rings is 1. The summed E-state index contributed by atoms with van der Waals surface area (Å²) in [6.45, 7) is -0.344. The van der Waals surface area contributed by atoms with Crippen LogP contribution < -0.4 is 0 Å². The monoisotopic (exact) mass is 435 g/mol. The first-order valence-corrected chi connectivity index (χ1v) is 10.3. The number of sulfonamides is 1. The summed E-state index contributed by atoms with van der Waals surface area (Å²) in [7, 11) is -3.97. The van der Waals surface area contributed by atoms with Crippen molar-refractivity contribution in [3.8, 4) is 0 Å². The maximum atomic E-state index is 14.2. The smallest absolute Gasteiger partial charge is 0.407 e. The molecule has 30 heavy (non-hydrogen) atoms. The zero-order valence-corrected chi connectivity index (χ0v) is 16.4. The second kappa shape index (κ2) is 8.59. The molecule has 0 aromatic heterocycles. The number of hydrogen-bond donors (Lipinski definition) is 1. The van der Waals surface area contributed by atoms with E-state index in [1.165, 1.54) is 24.3 Å². The van der Waals surface area contributed by atoms with E-state index in [0.29, 0.717) is 0 Å². The summed E-state index contributed by atoms with van der Waals surface area (Å²) in [4.78, 5) is 22.9. The highest BCUT2D eigenvalue weighted by atomic mass is 32.2. The van der Waals surface area contributed by atoms with Crippen LogP contribution in [0.25, 0.3) is 6.08 Å². The van der Waals surface area contributed by atoms with Crippen LogP contribution in [0.1, 0.15) is 5.56 Å². The van der Waals surface area contributed by atoms with Gasteiger partial charge in [-0.05, 0) is 24.3 Å². The third kappa shape index (κ3) is 4.31. The predicted molar refractivity (Wildman–Crippen MR) is 106 cm³/mol. The molecule has 1 saturated heterocycles. The van der Waals surface area contributed by atoms with Crippen LogP contribution in [-0.2, 0) is 10.0 Å². The zero-order valence-electron chi connectivity index (χ0n) is 15.6. The second-order valence-electron chi connectivity index (χ2n) is 6.51. The Balaban J connectivity index is 2.00. The topological polar surface area (TPSA) is 121 Å². The van der Waals surface area contributed by atoms with Crippen molar-refractivity contribution in [1.82, 2.24) is 9.21 Å². The summed E-state index contributed by atoms with van der Waals surface area (Å²) in [5.74, 6) is -0.844. The lowest BCUT2D eigenvalue weighted by Gasteiger charge is -2.38. The van der Waals surface area contributed by atoms with Crippen molar-refractivity contribution >= 4 is 27.9 Å². The fourth-order valence-corrected chi connectivity index (χ4v) is 4.79. The first kappa shape index (κ1) is 21.4. The molecule has 0 spiro atoms. The van der Waals surface area contributed by atoms with Gasteiger partial charge in [0.15, 0.2) is 0 Å². The number of rotatable bonds is 5. The molecule has 1 atom stereocenters. The van der Waals surface area contributed by atoms with Crippen LogP contribution in [0.2, 0.25) is 0 Å². The maximum Gasteiger partial charge on any atom is 0.407 e. The molecular formula is C19H18FN3O6S. The van der Waals surface area contributed by atoms with Crippen LogP contribution in [0, 0.1) is 15.9 Å². The normalized spacial score (nSPS) is 17.9. The summed E-state index contributed by atoms with van der Waals surface area (Å²) in [6.07, 6.45) is 1.18. The molecule has 0 aliphatic carbocycles. The van der Waals surface area contributed by atoms with E-state index in [0.717, 1.165) is 27.4 Å². The van der Waals surface area contributed by atoms with Crippen molar-refractivity contribution in [1.29, 1.82) is 0 Å². The van der Waals surface area contributed by atoms with Gasteiger partial charge in [0.05, 0.1) is 21.4 Å². The van der Waals surface area contributed by atoms with Gasteiger partial charge in [0.1, 0.15) is 5.82 Å². The number of benzene rings is 2. The molecule has 3 rings (SSSR count). The number of halogens is 1. The van der Waals surface area contributed by atoms with Gasteiger partial charge in [0.25, 0.3) is 5.69 Å². The van der Waals surface area contributed by atoms with E-state index in [-0.39, 0.29) is 30.1 Å². The lowest BCUT2D eigenvalue weighted by Crippen LogP contribution is -2.55. The summed E-state index contributed by atoms with van der Waals surface area (Å²) in [5, 5.41) is 20.5. The number of hydrogen-bond acceptors (Lipinski definition) is 5. The molecule has 0 radical (unpaired) electrons. The molecule has 9 nitrogen and oxygen atoms in total. The number of nitro benzene ring substituents is 1. The van der Waals surface area contributed by atoms with Crippen LogP contribution in [0.3, 0.4) is 0 Å². The van der Waals surface area contributed by atoms with Gasteiger partial charge in [-0.15, -0.1) is 0 Å². The number of amides is 1. The fraction of sp³-hybridized carbons (Fsp3) is 0.211. The Labute approximate surface area is 171 Å². The van der Waals surface area contributed by atoms with E-state index in [1.807, 2.05) is 0 Å². The molecule has 1 aliphatic heterocycles. The molecule has 0 bridgehead atoms. The van der Waals surface area contributed by atoms with E-state index in [1.54, 1.807) is 18.2 Å². The van der Waals surface area contributed by atoms with Crippen LogP contribution >= 0.6 is 0 Å². The van der Waals surface area contributed by atoms with E-state index < -0.39 is 38.6 Å². The molecule has 2 aromatic carbocycles. The predicted octanol–water partition coefficient (Wildman–Crippen LogP) is 2.80. The van der Waals surface area contributed by atoms with Crippen molar-refractivity contribution < 1.29 is 27.6 Å². The number of nitro groups is 1. The van der Waals surface area contributed by atoms with E-state index in [9.17, 15) is 32.8 Å². The molecule has 2 aromatic rings. The van der Waals surface area contributed by atoms with Crippen molar-refractivity contribution in [3.05, 3.63) is 76.1 Å². The molecule has 158 valence electrons. The van der Waals surface area contributed by atoms with Crippen molar-refractivity contribution in [2.24, 2.45) is 0 Å². The molecule has 1 unspecified atom stereocenters. The highest BCUT2D eigenvalue weighted by molar-refractivity contribution is 7.89. The van der Waals surface area contributed by atoms with Crippen LogP contribution in [0.4, 0.5) is 14.9 Å². The lowest BCUT2D eigenvalue weighted by atomic mass is 10.1. The van der Waals surface area contributed by atoms with E-state index >= 15 is 0 Å². The van der Waals surface area contributed by atoms with Gasteiger partial charge in [0, 0.05) is 25.7 Å². The SMILES string of the molecule is O=C(O)N1CCN(S(=O)(=O)c2ccccc2)C(/C=C/c2c(F)cccc2[N+](=O)[O-])C1. The minimum Gasteiger partial charge on any atom is -0.465 e. The maximum absolute atomic E-state index is 14.2. The third-order valence-corrected chi connectivity index (χ3v) is 6.64. The Kier molecular flexibility index (Phi) is 6.13. The van der Waals surface area contributed by atoms with Gasteiger partial charge < -0.3 is 10.0 Å². The van der Waals surface area contributed by atoms with Crippen LogP contribution in [0.15, 0.2) is 59.5 Å². The molecule has 1 heterocycles. The Hall–Kier alpha value is -3.31. The molecule has 11 heteroatoms. The van der Waals surface area contributed by atoms with Crippen LogP contribution in [0.5, 0.6) is 0 Å². The Morgan fingerprint density at radius 2 is 1.87 bits per heavy atom. The van der Waals surface area contributed by atoms with Crippen LogP contribution in [-0.4, -0.2) is 59.4 Å². The fourth-order valence-electron chi connectivity index (χ4n) is 3.21. The first-order chi connectivity index (χ1) is 14.2. The van der Waals surface area contributed by atoms with Gasteiger partial charge in [-0.25, -0.2) is 17.6 Å². The number of carbonyl (C=O) groups is 1. The average molecular weight is 435 g/mol. The van der Waals surface area contributed by atoms with E-state index in [2.05, 4.69) is 0 Å². The quantitative estimate of drug-likeness (QED) is 0.569. The summed E-state index contributed by atoms with van der Waals surface area (Å²) >= 11 is 0. The molecule has 1 amide bonds. The summed E-state index contributed by atoms with van der Waals surface area (Å²) in [6, 6.07) is 10.0. The Morgan fingerprint density at radius 1 is 1.17 bits per heavy atom. The third-order valence-electron chi connectivity index (χ3n) is 4.70. The minimum atomic E-state index is -3.97. The summed E-state index contributed by atoms with van der Waals surface area (Å²) < 4.78 is 41.4. The molecular weight excluding hydrogens is 417 g/mol. The van der Waals surface area contributed by atoms with Gasteiger partial charge in [0.2, 0.25) is 10.0 Å². The minimum absolute atomic E-state index is 0.0315. The largest absolute Gasteiger partial charge is 0.465 e. The Bertz CT molecular complexity index is 1090. The van der Waals surface area contributed by atoms with Crippen molar-refractivity contribution in [3.63, 3.8) is 0 Å². The Morgan fingerprint density at radius 3 is 2.50 bits per heavy atom. The molecule has 1 N–H and O–H groups in total. The summed E-state index contributed by atoms with van der Waals surface area (Å²) in [5.41, 5.74) is -0.790. The standard InChI is InChI=1S/C19H18FN3O6S/c20-17-7-4-8-18(23(26)27)16(17)10-9-14-13-21(19(24)25)11-12-22(14)30(28,29)15-5-2-1-3-6-15/h1-10,14H,11-13H2,(H,24,25)/b10-9+. The molecule has 1 fully saturated rings.